The number of hydrogen-bond donors (Lipinski definition) is 2. The van der Waals surface area contributed by atoms with Crippen LogP contribution < -0.4 is 24.8 Å². The summed E-state index contributed by atoms with van der Waals surface area (Å²) >= 11 is 0. The number of methoxy groups -OCH3 is 2. The summed E-state index contributed by atoms with van der Waals surface area (Å²) in [6.07, 6.45) is 2.63. The van der Waals surface area contributed by atoms with Gasteiger partial charge in [0.05, 0.1) is 20.8 Å². The highest BCUT2D eigenvalue weighted by atomic mass is 16.5. The van der Waals surface area contributed by atoms with E-state index in [4.69, 9.17) is 14.2 Å². The zero-order chi connectivity index (χ0) is 16.7. The Bertz CT molecular complexity index is 517. The third-order valence-corrected chi connectivity index (χ3v) is 3.75. The molecule has 1 aromatic rings. The summed E-state index contributed by atoms with van der Waals surface area (Å²) in [5.74, 6) is 3.59. The van der Waals surface area contributed by atoms with Gasteiger partial charge >= 0.3 is 0 Å². The molecule has 0 radical (unpaired) electrons. The molecule has 1 aliphatic rings. The summed E-state index contributed by atoms with van der Waals surface area (Å²) in [6, 6.07) is 3.91. The maximum Gasteiger partial charge on any atom is 0.203 e. The van der Waals surface area contributed by atoms with Crippen molar-refractivity contribution in [2.75, 3.05) is 34.4 Å². The van der Waals surface area contributed by atoms with E-state index in [2.05, 4.69) is 15.6 Å². The van der Waals surface area contributed by atoms with Gasteiger partial charge in [-0.3, -0.25) is 4.99 Å². The number of hydrogen-bond acceptors (Lipinski definition) is 4. The fraction of sp³-hybridized carbons (Fsp3) is 0.588. The van der Waals surface area contributed by atoms with Gasteiger partial charge in [-0.15, -0.1) is 0 Å². The maximum atomic E-state index is 5.62. The molecule has 6 nitrogen and oxygen atoms in total. The molecule has 1 saturated carbocycles. The molecule has 1 aliphatic carbocycles. The second-order valence-corrected chi connectivity index (χ2v) is 5.51. The third kappa shape index (κ3) is 4.94. The number of nitrogens with zero attached hydrogens (tertiary/aromatic N) is 1. The lowest BCUT2D eigenvalue weighted by atomic mass is 10.2. The van der Waals surface area contributed by atoms with E-state index in [1.165, 1.54) is 12.8 Å². The Hall–Kier alpha value is -2.11. The van der Waals surface area contributed by atoms with Crippen molar-refractivity contribution in [1.29, 1.82) is 0 Å². The Morgan fingerprint density at radius 1 is 1.17 bits per heavy atom. The number of guanidine groups is 1. The Labute approximate surface area is 138 Å². The molecule has 23 heavy (non-hydrogen) atoms. The first-order valence-electron chi connectivity index (χ1n) is 8.04. The van der Waals surface area contributed by atoms with Crippen LogP contribution in [0.4, 0.5) is 0 Å². The zero-order valence-corrected chi connectivity index (χ0v) is 14.4. The second kappa shape index (κ2) is 8.50. The van der Waals surface area contributed by atoms with Crippen LogP contribution in [0.25, 0.3) is 0 Å². The van der Waals surface area contributed by atoms with Crippen LogP contribution in [0.3, 0.4) is 0 Å². The van der Waals surface area contributed by atoms with Crippen molar-refractivity contribution in [3.63, 3.8) is 0 Å². The number of ether oxygens (including phenoxy) is 3. The monoisotopic (exact) mass is 321 g/mol. The van der Waals surface area contributed by atoms with Crippen molar-refractivity contribution < 1.29 is 14.2 Å². The second-order valence-electron chi connectivity index (χ2n) is 5.51. The summed E-state index contributed by atoms with van der Waals surface area (Å²) < 4.78 is 16.5. The van der Waals surface area contributed by atoms with Gasteiger partial charge in [0.25, 0.3) is 0 Å². The van der Waals surface area contributed by atoms with Crippen LogP contribution in [0.15, 0.2) is 17.1 Å². The summed E-state index contributed by atoms with van der Waals surface area (Å²) in [7, 11) is 5.04. The molecule has 2 rings (SSSR count). The first-order chi connectivity index (χ1) is 11.2. The van der Waals surface area contributed by atoms with Crippen LogP contribution in [-0.2, 0) is 6.54 Å². The Morgan fingerprint density at radius 3 is 2.30 bits per heavy atom. The normalized spacial score (nSPS) is 14.3. The molecule has 6 heteroatoms. The zero-order valence-electron chi connectivity index (χ0n) is 14.4. The van der Waals surface area contributed by atoms with Gasteiger partial charge < -0.3 is 24.8 Å². The van der Waals surface area contributed by atoms with Crippen molar-refractivity contribution in [3.8, 4) is 17.2 Å². The lowest BCUT2D eigenvalue weighted by Gasteiger charge is -2.16. The highest BCUT2D eigenvalue weighted by molar-refractivity contribution is 5.79. The van der Waals surface area contributed by atoms with E-state index in [0.29, 0.717) is 30.4 Å². The quantitative estimate of drug-likeness (QED) is 0.567. The van der Waals surface area contributed by atoms with E-state index in [0.717, 1.165) is 24.0 Å². The summed E-state index contributed by atoms with van der Waals surface area (Å²) in [5, 5.41) is 6.65. The molecule has 0 saturated heterocycles. The molecule has 0 unspecified atom stereocenters. The van der Waals surface area contributed by atoms with E-state index in [1.54, 1.807) is 21.3 Å². The van der Waals surface area contributed by atoms with Gasteiger partial charge in [0.2, 0.25) is 5.75 Å². The standard InChI is InChI=1S/C17H27N3O3/c1-5-23-16-14(21-3)8-13(9-15(16)22-4)11-20-17(18-2)19-10-12-6-7-12/h8-9,12H,5-7,10-11H2,1-4H3,(H2,18,19,20). The lowest BCUT2D eigenvalue weighted by Crippen LogP contribution is -2.37. The third-order valence-electron chi connectivity index (χ3n) is 3.75. The Morgan fingerprint density at radius 2 is 1.83 bits per heavy atom. The van der Waals surface area contributed by atoms with Crippen molar-refractivity contribution in [2.24, 2.45) is 10.9 Å². The predicted octanol–water partition coefficient (Wildman–Crippen LogP) is 2.18. The number of benzene rings is 1. The van der Waals surface area contributed by atoms with Crippen LogP contribution in [-0.4, -0.2) is 40.4 Å². The molecule has 0 atom stereocenters. The molecule has 1 aromatic carbocycles. The molecular weight excluding hydrogens is 294 g/mol. The first kappa shape index (κ1) is 17.2. The van der Waals surface area contributed by atoms with Crippen molar-refractivity contribution >= 4 is 5.96 Å². The van der Waals surface area contributed by atoms with Gasteiger partial charge in [-0.1, -0.05) is 0 Å². The topological polar surface area (TPSA) is 64.1 Å². The number of rotatable bonds is 8. The fourth-order valence-corrected chi connectivity index (χ4v) is 2.29. The van der Waals surface area contributed by atoms with Crippen LogP contribution in [0.5, 0.6) is 17.2 Å². The lowest BCUT2D eigenvalue weighted by molar-refractivity contribution is 0.288. The minimum Gasteiger partial charge on any atom is -0.493 e. The van der Waals surface area contributed by atoms with Crippen LogP contribution in [0.2, 0.25) is 0 Å². The molecule has 1 fully saturated rings. The van der Waals surface area contributed by atoms with Crippen molar-refractivity contribution in [2.45, 2.75) is 26.3 Å². The number of aliphatic imine (C=N–C) groups is 1. The smallest absolute Gasteiger partial charge is 0.203 e. The van der Waals surface area contributed by atoms with Gasteiger partial charge in [0.1, 0.15) is 0 Å². The largest absolute Gasteiger partial charge is 0.493 e. The Kier molecular flexibility index (Phi) is 6.38. The molecule has 0 amide bonds. The average molecular weight is 321 g/mol. The fourth-order valence-electron chi connectivity index (χ4n) is 2.29. The van der Waals surface area contributed by atoms with E-state index >= 15 is 0 Å². The maximum absolute atomic E-state index is 5.62. The van der Waals surface area contributed by atoms with Gasteiger partial charge in [-0.2, -0.15) is 0 Å². The van der Waals surface area contributed by atoms with E-state index < -0.39 is 0 Å². The Balaban J connectivity index is 2.03. The summed E-state index contributed by atoms with van der Waals surface area (Å²) in [5.41, 5.74) is 1.04. The van der Waals surface area contributed by atoms with Gasteiger partial charge in [-0.05, 0) is 43.4 Å². The van der Waals surface area contributed by atoms with E-state index in [1.807, 2.05) is 19.1 Å². The summed E-state index contributed by atoms with van der Waals surface area (Å²) in [4.78, 5) is 4.24. The minimum atomic E-state index is 0.558. The van der Waals surface area contributed by atoms with Crippen molar-refractivity contribution in [3.05, 3.63) is 17.7 Å². The minimum absolute atomic E-state index is 0.558. The molecule has 0 heterocycles. The van der Waals surface area contributed by atoms with Gasteiger partial charge in [0, 0.05) is 20.1 Å². The number of nitrogens with one attached hydrogen (secondary N) is 2. The molecule has 2 N–H and O–H groups in total. The molecule has 0 bridgehead atoms. The molecule has 128 valence electrons. The first-order valence-corrected chi connectivity index (χ1v) is 8.04. The highest BCUT2D eigenvalue weighted by Gasteiger charge is 2.21. The predicted molar refractivity (Wildman–Crippen MR) is 91.6 cm³/mol. The molecule has 0 spiro atoms. The summed E-state index contributed by atoms with van der Waals surface area (Å²) in [6.45, 7) is 4.10. The van der Waals surface area contributed by atoms with Gasteiger partial charge in [-0.25, -0.2) is 0 Å². The molecule has 0 aromatic heterocycles. The van der Waals surface area contributed by atoms with E-state index in [9.17, 15) is 0 Å². The van der Waals surface area contributed by atoms with Crippen LogP contribution in [0, 0.1) is 5.92 Å². The molecule has 0 aliphatic heterocycles. The van der Waals surface area contributed by atoms with Crippen molar-refractivity contribution in [1.82, 2.24) is 10.6 Å². The highest BCUT2D eigenvalue weighted by Crippen LogP contribution is 2.38. The van der Waals surface area contributed by atoms with E-state index in [-0.39, 0.29) is 0 Å². The SMILES string of the molecule is CCOc1c(OC)cc(CNC(=NC)NCC2CC2)cc1OC. The van der Waals surface area contributed by atoms with Crippen LogP contribution in [0.1, 0.15) is 25.3 Å². The average Bonchev–Trinajstić information content (AvgIpc) is 3.40. The molecular formula is C17H27N3O3. The van der Waals surface area contributed by atoms with Crippen LogP contribution >= 0.6 is 0 Å². The van der Waals surface area contributed by atoms with Gasteiger partial charge in [0.15, 0.2) is 17.5 Å².